The van der Waals surface area contributed by atoms with Crippen LogP contribution in [0.2, 0.25) is 0 Å². The van der Waals surface area contributed by atoms with Crippen LogP contribution in [0.15, 0.2) is 58.4 Å². The van der Waals surface area contributed by atoms with Gasteiger partial charge in [-0.2, -0.15) is 26.3 Å². The molecule has 0 saturated carbocycles. The maximum atomic E-state index is 13.7. The number of hydrogen-bond acceptors (Lipinski definition) is 6. The van der Waals surface area contributed by atoms with E-state index in [4.69, 9.17) is 4.42 Å². The third-order valence-electron chi connectivity index (χ3n) is 6.25. The number of aliphatic hydroxyl groups is 1. The zero-order valence-corrected chi connectivity index (χ0v) is 20.8. The molecule has 1 aliphatic heterocycles. The van der Waals surface area contributed by atoms with E-state index in [0.29, 0.717) is 17.7 Å². The molecule has 1 aliphatic rings. The van der Waals surface area contributed by atoms with E-state index in [1.165, 1.54) is 0 Å². The standard InChI is InChI=1S/C24H20F7N3O4S/c1-13(2)21-33-32-20(38-21)12-17-7-3-14-11-15(22(35,23(26,27)28)24(29,30)31)4-10-19(14)34(17)39(36,37)18-8-5-16(25)6-9-18/h4-6,8-11,17,35H,1,3,7,12H2,2H3. The first-order valence-electron chi connectivity index (χ1n) is 11.2. The van der Waals surface area contributed by atoms with E-state index in [9.17, 15) is 44.3 Å². The van der Waals surface area contributed by atoms with Gasteiger partial charge in [0.25, 0.3) is 15.6 Å². The first-order valence-corrected chi connectivity index (χ1v) is 12.7. The Bertz CT molecular complexity index is 1490. The predicted octanol–water partition coefficient (Wildman–Crippen LogP) is 5.31. The zero-order valence-electron chi connectivity index (χ0n) is 20.0. The highest BCUT2D eigenvalue weighted by Gasteiger charge is 2.71. The number of fused-ring (bicyclic) bond motifs is 1. The van der Waals surface area contributed by atoms with Crippen LogP contribution in [0, 0.1) is 5.82 Å². The minimum absolute atomic E-state index is 0.0147. The molecule has 0 fully saturated rings. The average molecular weight is 579 g/mol. The molecule has 1 unspecified atom stereocenters. The summed E-state index contributed by atoms with van der Waals surface area (Å²) in [6, 6.07) is 4.41. The number of nitrogens with zero attached hydrogens (tertiary/aromatic N) is 3. The minimum atomic E-state index is -6.12. The number of allylic oxidation sites excluding steroid dienone is 1. The first-order chi connectivity index (χ1) is 18.0. The topological polar surface area (TPSA) is 96.5 Å². The van der Waals surface area contributed by atoms with Crippen molar-refractivity contribution in [2.45, 2.75) is 55.1 Å². The maximum absolute atomic E-state index is 13.7. The quantitative estimate of drug-likeness (QED) is 0.398. The lowest BCUT2D eigenvalue weighted by Gasteiger charge is -2.39. The van der Waals surface area contributed by atoms with Gasteiger partial charge in [0, 0.05) is 17.6 Å². The number of alkyl halides is 6. The van der Waals surface area contributed by atoms with Gasteiger partial charge in [-0.1, -0.05) is 18.7 Å². The first kappa shape index (κ1) is 28.5. The van der Waals surface area contributed by atoms with Crippen molar-refractivity contribution in [3.63, 3.8) is 0 Å². The van der Waals surface area contributed by atoms with Crippen LogP contribution in [0.1, 0.15) is 36.3 Å². The van der Waals surface area contributed by atoms with Crippen LogP contribution in [0.3, 0.4) is 0 Å². The van der Waals surface area contributed by atoms with E-state index in [1.54, 1.807) is 6.92 Å². The minimum Gasteiger partial charge on any atom is -0.421 e. The predicted molar refractivity (Wildman–Crippen MR) is 123 cm³/mol. The van der Waals surface area contributed by atoms with Crippen molar-refractivity contribution in [2.24, 2.45) is 0 Å². The van der Waals surface area contributed by atoms with Crippen LogP contribution < -0.4 is 4.31 Å². The SMILES string of the molecule is C=C(C)c1nnc(CC2CCc3cc(C(O)(C(F)(F)F)C(F)(F)F)ccc3N2S(=O)(=O)c2ccc(F)cc2)o1. The highest BCUT2D eigenvalue weighted by atomic mass is 32.2. The lowest BCUT2D eigenvalue weighted by Crippen LogP contribution is -2.54. The van der Waals surface area contributed by atoms with Gasteiger partial charge in [0.15, 0.2) is 0 Å². The molecule has 39 heavy (non-hydrogen) atoms. The van der Waals surface area contributed by atoms with Crippen LogP contribution in [-0.2, 0) is 28.5 Å². The third-order valence-corrected chi connectivity index (χ3v) is 8.13. The largest absolute Gasteiger partial charge is 0.430 e. The second-order valence-electron chi connectivity index (χ2n) is 8.98. The number of halogens is 7. The second-order valence-corrected chi connectivity index (χ2v) is 10.8. The van der Waals surface area contributed by atoms with Gasteiger partial charge >= 0.3 is 12.4 Å². The molecule has 1 atom stereocenters. The van der Waals surface area contributed by atoms with Crippen LogP contribution >= 0.6 is 0 Å². The summed E-state index contributed by atoms with van der Waals surface area (Å²) >= 11 is 0. The molecule has 15 heteroatoms. The Hall–Kier alpha value is -3.46. The van der Waals surface area contributed by atoms with Crippen LogP contribution in [-0.4, -0.2) is 42.1 Å². The molecule has 0 amide bonds. The molecule has 7 nitrogen and oxygen atoms in total. The van der Waals surface area contributed by atoms with Crippen molar-refractivity contribution in [3.8, 4) is 0 Å². The smallest absolute Gasteiger partial charge is 0.421 e. The Labute approximate surface area is 217 Å². The monoisotopic (exact) mass is 579 g/mol. The Morgan fingerprint density at radius 3 is 2.23 bits per heavy atom. The zero-order chi connectivity index (χ0) is 29.0. The summed E-state index contributed by atoms with van der Waals surface area (Å²) in [6.07, 6.45) is -12.6. The van der Waals surface area contributed by atoms with Gasteiger partial charge in [-0.25, -0.2) is 12.8 Å². The third kappa shape index (κ3) is 5.00. The number of aromatic nitrogens is 2. The summed E-state index contributed by atoms with van der Waals surface area (Å²) in [5, 5.41) is 17.5. The Morgan fingerprint density at radius 1 is 1.08 bits per heavy atom. The number of rotatable bonds is 6. The Balaban J connectivity index is 1.85. The summed E-state index contributed by atoms with van der Waals surface area (Å²) in [4.78, 5) is -0.374. The highest BCUT2D eigenvalue weighted by Crippen LogP contribution is 2.51. The normalized spacial score (nSPS) is 16.7. The van der Waals surface area contributed by atoms with Gasteiger partial charge in [-0.3, -0.25) is 4.31 Å². The molecule has 0 bridgehead atoms. The van der Waals surface area contributed by atoms with Crippen LogP contribution in [0.4, 0.5) is 36.4 Å². The van der Waals surface area contributed by atoms with E-state index in [0.717, 1.165) is 34.6 Å². The molecule has 1 N–H and O–H groups in total. The van der Waals surface area contributed by atoms with Gasteiger partial charge in [-0.05, 0) is 55.7 Å². The Morgan fingerprint density at radius 2 is 1.69 bits per heavy atom. The lowest BCUT2D eigenvalue weighted by molar-refractivity contribution is -0.376. The fraction of sp³-hybridized carbons (Fsp3) is 0.333. The molecule has 0 radical (unpaired) electrons. The molecule has 1 aromatic heterocycles. The summed E-state index contributed by atoms with van der Waals surface area (Å²) in [5.41, 5.74) is -6.66. The van der Waals surface area contributed by atoms with Crippen molar-refractivity contribution in [3.05, 3.63) is 77.8 Å². The molecule has 2 heterocycles. The molecule has 210 valence electrons. The maximum Gasteiger partial charge on any atom is 0.430 e. The van der Waals surface area contributed by atoms with Crippen molar-refractivity contribution in [2.75, 3.05) is 4.31 Å². The summed E-state index contributed by atoms with van der Waals surface area (Å²) in [5.74, 6) is -0.621. The van der Waals surface area contributed by atoms with Crippen LogP contribution in [0.25, 0.3) is 5.57 Å². The molecule has 0 aliphatic carbocycles. The van der Waals surface area contributed by atoms with E-state index < -0.39 is 45.4 Å². The van der Waals surface area contributed by atoms with Crippen LogP contribution in [0.5, 0.6) is 0 Å². The van der Waals surface area contributed by atoms with Crippen molar-refractivity contribution < 1.29 is 48.7 Å². The fourth-order valence-electron chi connectivity index (χ4n) is 4.29. The molecular formula is C24H20F7N3O4S. The molecule has 4 rings (SSSR count). The van der Waals surface area contributed by atoms with E-state index in [-0.39, 0.29) is 47.2 Å². The average Bonchev–Trinajstić information content (AvgIpc) is 3.30. The lowest BCUT2D eigenvalue weighted by atomic mass is 9.87. The van der Waals surface area contributed by atoms with Crippen molar-refractivity contribution >= 4 is 21.3 Å². The van der Waals surface area contributed by atoms with Crippen molar-refractivity contribution in [1.82, 2.24) is 10.2 Å². The summed E-state index contributed by atoms with van der Waals surface area (Å²) < 4.78 is 128. The molecular weight excluding hydrogens is 559 g/mol. The Kier molecular flexibility index (Phi) is 7.04. The van der Waals surface area contributed by atoms with E-state index >= 15 is 0 Å². The highest BCUT2D eigenvalue weighted by molar-refractivity contribution is 7.92. The number of anilines is 1. The number of benzene rings is 2. The van der Waals surface area contributed by atoms with E-state index in [1.807, 2.05) is 0 Å². The number of hydrogen-bond donors (Lipinski definition) is 1. The molecule has 0 spiro atoms. The number of sulfonamides is 1. The summed E-state index contributed by atoms with van der Waals surface area (Å²) in [7, 11) is -4.52. The molecule has 0 saturated heterocycles. The molecule has 3 aromatic rings. The molecule has 2 aromatic carbocycles. The van der Waals surface area contributed by atoms with Gasteiger partial charge in [0.2, 0.25) is 11.8 Å². The number of aryl methyl sites for hydroxylation is 1. The van der Waals surface area contributed by atoms with Gasteiger partial charge in [0.1, 0.15) is 5.82 Å². The van der Waals surface area contributed by atoms with E-state index in [2.05, 4.69) is 16.8 Å². The summed E-state index contributed by atoms with van der Waals surface area (Å²) in [6.45, 7) is 5.26. The van der Waals surface area contributed by atoms with Gasteiger partial charge in [-0.15, -0.1) is 10.2 Å². The van der Waals surface area contributed by atoms with Crippen molar-refractivity contribution in [1.29, 1.82) is 0 Å². The fourth-order valence-corrected chi connectivity index (χ4v) is 6.01. The second kappa shape index (κ2) is 9.62. The van der Waals surface area contributed by atoms with Gasteiger partial charge in [0.05, 0.1) is 16.6 Å². The van der Waals surface area contributed by atoms with Gasteiger partial charge < -0.3 is 9.52 Å².